The summed E-state index contributed by atoms with van der Waals surface area (Å²) in [5.74, 6) is -0.531. The van der Waals surface area contributed by atoms with Crippen LogP contribution in [0.1, 0.15) is 27.7 Å². The summed E-state index contributed by atoms with van der Waals surface area (Å²) in [6.07, 6.45) is 0. The molecule has 112 valence electrons. The highest BCUT2D eigenvalue weighted by Crippen LogP contribution is 2.08. The van der Waals surface area contributed by atoms with Crippen molar-refractivity contribution in [1.29, 1.82) is 5.26 Å². The molecule has 0 aliphatic carbocycles. The van der Waals surface area contributed by atoms with Gasteiger partial charge in [-0.2, -0.15) is 5.26 Å². The third-order valence-corrected chi connectivity index (χ3v) is 3.88. The molecule has 5 nitrogen and oxygen atoms in total. The fourth-order valence-corrected chi connectivity index (χ4v) is 2.46. The summed E-state index contributed by atoms with van der Waals surface area (Å²) in [6, 6.07) is 11.9. The summed E-state index contributed by atoms with van der Waals surface area (Å²) >= 11 is 1.32. The van der Waals surface area contributed by atoms with Crippen molar-refractivity contribution in [3.63, 3.8) is 0 Å². The number of nitriles is 1. The third kappa shape index (κ3) is 4.17. The minimum Gasteiger partial charge on any atom is -0.350 e. The van der Waals surface area contributed by atoms with Gasteiger partial charge in [0.05, 0.1) is 16.5 Å². The Morgan fingerprint density at radius 3 is 2.82 bits per heavy atom. The SMILES string of the molecule is CC(NC(=O)c1cccs1)C(=O)NCc1cccc(C#N)c1. The van der Waals surface area contributed by atoms with Gasteiger partial charge in [-0.05, 0) is 36.1 Å². The number of thiophene rings is 1. The Labute approximate surface area is 132 Å². The normalized spacial score (nSPS) is 11.3. The van der Waals surface area contributed by atoms with Crippen molar-refractivity contribution in [3.05, 3.63) is 57.8 Å². The van der Waals surface area contributed by atoms with Gasteiger partial charge in [-0.3, -0.25) is 9.59 Å². The van der Waals surface area contributed by atoms with Crippen molar-refractivity contribution in [3.8, 4) is 6.07 Å². The van der Waals surface area contributed by atoms with Crippen LogP contribution in [0.3, 0.4) is 0 Å². The van der Waals surface area contributed by atoms with Gasteiger partial charge in [0.2, 0.25) is 5.91 Å². The number of amides is 2. The lowest BCUT2D eigenvalue weighted by molar-refractivity contribution is -0.122. The average Bonchev–Trinajstić information content (AvgIpc) is 3.07. The molecule has 1 heterocycles. The van der Waals surface area contributed by atoms with Crippen LogP contribution in [-0.4, -0.2) is 17.9 Å². The molecule has 2 aromatic rings. The minimum absolute atomic E-state index is 0.260. The van der Waals surface area contributed by atoms with Gasteiger partial charge in [0.1, 0.15) is 6.04 Å². The molecular weight excluding hydrogens is 298 g/mol. The second-order valence-corrected chi connectivity index (χ2v) is 5.65. The highest BCUT2D eigenvalue weighted by molar-refractivity contribution is 7.12. The predicted octanol–water partition coefficient (Wildman–Crippen LogP) is 2.05. The Morgan fingerprint density at radius 2 is 2.14 bits per heavy atom. The molecule has 0 saturated heterocycles. The van der Waals surface area contributed by atoms with Crippen LogP contribution in [0.5, 0.6) is 0 Å². The number of carbonyl (C=O) groups is 2. The first-order chi connectivity index (χ1) is 10.6. The maximum Gasteiger partial charge on any atom is 0.261 e. The zero-order valence-corrected chi connectivity index (χ0v) is 12.8. The summed E-state index contributed by atoms with van der Waals surface area (Å²) in [5, 5.41) is 16.0. The number of hydrogen-bond donors (Lipinski definition) is 2. The van der Waals surface area contributed by atoms with Crippen molar-refractivity contribution >= 4 is 23.2 Å². The molecule has 2 rings (SSSR count). The molecule has 0 aliphatic rings. The number of hydrogen-bond acceptors (Lipinski definition) is 4. The van der Waals surface area contributed by atoms with Crippen LogP contribution in [0.4, 0.5) is 0 Å². The lowest BCUT2D eigenvalue weighted by Crippen LogP contribution is -2.44. The van der Waals surface area contributed by atoms with Gasteiger partial charge < -0.3 is 10.6 Å². The number of carbonyl (C=O) groups excluding carboxylic acids is 2. The molecule has 0 bridgehead atoms. The van der Waals surface area contributed by atoms with Gasteiger partial charge in [-0.25, -0.2) is 0 Å². The number of nitrogens with one attached hydrogen (secondary N) is 2. The molecule has 6 heteroatoms. The molecule has 22 heavy (non-hydrogen) atoms. The molecule has 0 saturated carbocycles. The minimum atomic E-state index is -0.631. The maximum atomic E-state index is 12.0. The topological polar surface area (TPSA) is 82.0 Å². The lowest BCUT2D eigenvalue weighted by Gasteiger charge is -2.13. The second kappa shape index (κ2) is 7.38. The van der Waals surface area contributed by atoms with Crippen molar-refractivity contribution in [2.45, 2.75) is 19.5 Å². The first-order valence-corrected chi connectivity index (χ1v) is 7.59. The first kappa shape index (κ1) is 15.7. The average molecular weight is 313 g/mol. The standard InChI is InChI=1S/C16H15N3O2S/c1-11(19-16(21)14-6-3-7-22-14)15(20)18-10-13-5-2-4-12(8-13)9-17/h2-8,11H,10H2,1H3,(H,18,20)(H,19,21). The molecule has 1 aromatic carbocycles. The Hall–Kier alpha value is -2.65. The number of rotatable bonds is 5. The fraction of sp³-hybridized carbons (Fsp3) is 0.188. The number of nitrogens with zero attached hydrogens (tertiary/aromatic N) is 1. The van der Waals surface area contributed by atoms with Crippen molar-refractivity contribution in [2.24, 2.45) is 0 Å². The first-order valence-electron chi connectivity index (χ1n) is 6.71. The van der Waals surface area contributed by atoms with E-state index in [2.05, 4.69) is 16.7 Å². The van der Waals surface area contributed by atoms with Gasteiger partial charge in [-0.1, -0.05) is 18.2 Å². The van der Waals surface area contributed by atoms with Gasteiger partial charge >= 0.3 is 0 Å². The van der Waals surface area contributed by atoms with Crippen molar-refractivity contribution in [1.82, 2.24) is 10.6 Å². The molecule has 1 aromatic heterocycles. The lowest BCUT2D eigenvalue weighted by atomic mass is 10.1. The summed E-state index contributed by atoms with van der Waals surface area (Å²) < 4.78 is 0. The Kier molecular flexibility index (Phi) is 5.28. The van der Waals surface area contributed by atoms with Crippen LogP contribution in [0.2, 0.25) is 0 Å². The molecular formula is C16H15N3O2S. The monoisotopic (exact) mass is 313 g/mol. The van der Waals surface area contributed by atoms with E-state index in [1.807, 2.05) is 11.4 Å². The summed E-state index contributed by atoms with van der Waals surface area (Å²) in [6.45, 7) is 1.94. The smallest absolute Gasteiger partial charge is 0.261 e. The van der Waals surface area contributed by atoms with E-state index < -0.39 is 6.04 Å². The summed E-state index contributed by atoms with van der Waals surface area (Å²) in [4.78, 5) is 24.4. The Morgan fingerprint density at radius 1 is 1.32 bits per heavy atom. The molecule has 2 amide bonds. The number of benzene rings is 1. The quantitative estimate of drug-likeness (QED) is 0.886. The molecule has 2 N–H and O–H groups in total. The van der Waals surface area contributed by atoms with Gasteiger partial charge in [-0.15, -0.1) is 11.3 Å². The summed E-state index contributed by atoms with van der Waals surface area (Å²) in [7, 11) is 0. The molecule has 0 radical (unpaired) electrons. The highest BCUT2D eigenvalue weighted by Gasteiger charge is 2.16. The van der Waals surface area contributed by atoms with E-state index >= 15 is 0 Å². The van der Waals surface area contributed by atoms with E-state index in [-0.39, 0.29) is 11.8 Å². The van der Waals surface area contributed by atoms with Crippen LogP contribution in [0, 0.1) is 11.3 Å². The maximum absolute atomic E-state index is 12.0. The van der Waals surface area contributed by atoms with Gasteiger partial charge in [0.25, 0.3) is 5.91 Å². The zero-order valence-electron chi connectivity index (χ0n) is 12.0. The van der Waals surface area contributed by atoms with Crippen LogP contribution < -0.4 is 10.6 Å². The van der Waals surface area contributed by atoms with Crippen LogP contribution >= 0.6 is 11.3 Å². The molecule has 0 aliphatic heterocycles. The largest absolute Gasteiger partial charge is 0.350 e. The van der Waals surface area contributed by atoms with E-state index in [0.29, 0.717) is 17.0 Å². The van der Waals surface area contributed by atoms with Crippen LogP contribution in [0.25, 0.3) is 0 Å². The predicted molar refractivity (Wildman–Crippen MR) is 84.3 cm³/mol. The van der Waals surface area contributed by atoms with Crippen LogP contribution in [-0.2, 0) is 11.3 Å². The molecule has 1 atom stereocenters. The van der Waals surface area contributed by atoms with Crippen molar-refractivity contribution < 1.29 is 9.59 Å². The zero-order chi connectivity index (χ0) is 15.9. The van der Waals surface area contributed by atoms with Gasteiger partial charge in [0, 0.05) is 6.54 Å². The van der Waals surface area contributed by atoms with E-state index in [4.69, 9.17) is 5.26 Å². The van der Waals surface area contributed by atoms with Crippen molar-refractivity contribution in [2.75, 3.05) is 0 Å². The molecule has 0 spiro atoms. The highest BCUT2D eigenvalue weighted by atomic mass is 32.1. The van der Waals surface area contributed by atoms with E-state index in [9.17, 15) is 9.59 Å². The van der Waals surface area contributed by atoms with E-state index in [1.54, 1.807) is 37.3 Å². The van der Waals surface area contributed by atoms with Crippen LogP contribution in [0.15, 0.2) is 41.8 Å². The Balaban J connectivity index is 1.86. The molecule has 0 fully saturated rings. The second-order valence-electron chi connectivity index (χ2n) is 4.70. The summed E-state index contributed by atoms with van der Waals surface area (Å²) in [5.41, 5.74) is 1.38. The van der Waals surface area contributed by atoms with Gasteiger partial charge in [0.15, 0.2) is 0 Å². The molecule has 1 unspecified atom stereocenters. The van der Waals surface area contributed by atoms with E-state index in [0.717, 1.165) is 5.56 Å². The Bertz CT molecular complexity index is 704. The third-order valence-electron chi connectivity index (χ3n) is 3.01. The van der Waals surface area contributed by atoms with E-state index in [1.165, 1.54) is 11.3 Å². The fourth-order valence-electron chi connectivity index (χ4n) is 1.83.